The van der Waals surface area contributed by atoms with E-state index in [-0.39, 0.29) is 23.3 Å². The van der Waals surface area contributed by atoms with Crippen LogP contribution in [-0.2, 0) is 0 Å². The van der Waals surface area contributed by atoms with Crippen molar-refractivity contribution in [1.29, 1.82) is 5.26 Å². The SMILES string of the molecule is COc1c(C#N)ncc(C=O)c1C(F)F. The molecule has 0 unspecified atom stereocenters. The predicted molar refractivity (Wildman–Crippen MR) is 45.8 cm³/mol. The van der Waals surface area contributed by atoms with Gasteiger partial charge in [0.05, 0.1) is 12.7 Å². The molecule has 1 aromatic rings. The molecular weight excluding hydrogens is 206 g/mol. The van der Waals surface area contributed by atoms with Crippen LogP contribution in [0.15, 0.2) is 6.20 Å². The van der Waals surface area contributed by atoms with Crippen molar-refractivity contribution >= 4 is 6.29 Å². The second-order valence-electron chi connectivity index (χ2n) is 2.54. The number of ether oxygens (including phenoxy) is 1. The first-order valence-corrected chi connectivity index (χ1v) is 3.86. The van der Waals surface area contributed by atoms with E-state index in [1.165, 1.54) is 0 Å². The van der Waals surface area contributed by atoms with Crippen LogP contribution in [0.3, 0.4) is 0 Å². The Hall–Kier alpha value is -2.03. The Balaban J connectivity index is 3.53. The Labute approximate surface area is 84.1 Å². The summed E-state index contributed by atoms with van der Waals surface area (Å²) in [6.45, 7) is 0. The van der Waals surface area contributed by atoms with Gasteiger partial charge in [-0.2, -0.15) is 5.26 Å². The largest absolute Gasteiger partial charge is 0.493 e. The molecule has 0 atom stereocenters. The molecule has 1 heterocycles. The molecule has 0 aliphatic carbocycles. The Kier molecular flexibility index (Phi) is 3.29. The number of carbonyl (C=O) groups excluding carboxylic acids is 1. The van der Waals surface area contributed by atoms with Crippen molar-refractivity contribution in [3.63, 3.8) is 0 Å². The van der Waals surface area contributed by atoms with E-state index in [9.17, 15) is 13.6 Å². The van der Waals surface area contributed by atoms with Crippen LogP contribution in [0.4, 0.5) is 8.78 Å². The van der Waals surface area contributed by atoms with Crippen molar-refractivity contribution in [1.82, 2.24) is 4.98 Å². The number of methoxy groups -OCH3 is 1. The smallest absolute Gasteiger partial charge is 0.268 e. The molecule has 0 amide bonds. The number of nitriles is 1. The number of carbonyl (C=O) groups is 1. The third-order valence-electron chi connectivity index (χ3n) is 1.76. The molecule has 0 spiro atoms. The maximum absolute atomic E-state index is 12.6. The molecule has 4 nitrogen and oxygen atoms in total. The standard InChI is InChI=1S/C9H6F2N2O2/c1-15-8-6(2-12)13-3-5(4-14)7(8)9(10)11/h3-4,9H,1H3. The molecule has 6 heteroatoms. The normalized spacial score (nSPS) is 9.80. The van der Waals surface area contributed by atoms with E-state index >= 15 is 0 Å². The summed E-state index contributed by atoms with van der Waals surface area (Å²) < 4.78 is 29.9. The van der Waals surface area contributed by atoms with Crippen LogP contribution in [0.1, 0.15) is 28.0 Å². The first kappa shape index (κ1) is 11.0. The molecule has 0 N–H and O–H groups in total. The zero-order chi connectivity index (χ0) is 11.4. The van der Waals surface area contributed by atoms with Crippen LogP contribution < -0.4 is 4.74 Å². The highest BCUT2D eigenvalue weighted by Crippen LogP contribution is 2.32. The Morgan fingerprint density at radius 2 is 2.33 bits per heavy atom. The lowest BCUT2D eigenvalue weighted by Crippen LogP contribution is -2.02. The molecule has 1 rings (SSSR count). The van der Waals surface area contributed by atoms with Crippen molar-refractivity contribution in [2.75, 3.05) is 7.11 Å². The van der Waals surface area contributed by atoms with Gasteiger partial charge in [0.15, 0.2) is 17.7 Å². The quantitative estimate of drug-likeness (QED) is 0.715. The van der Waals surface area contributed by atoms with Crippen LogP contribution in [0, 0.1) is 11.3 Å². The van der Waals surface area contributed by atoms with Crippen LogP contribution in [0.2, 0.25) is 0 Å². The molecule has 0 saturated heterocycles. The summed E-state index contributed by atoms with van der Waals surface area (Å²) in [5, 5.41) is 8.59. The number of alkyl halides is 2. The van der Waals surface area contributed by atoms with E-state index in [4.69, 9.17) is 5.26 Å². The van der Waals surface area contributed by atoms with Gasteiger partial charge in [0.1, 0.15) is 6.07 Å². The summed E-state index contributed by atoms with van der Waals surface area (Å²) >= 11 is 0. The van der Waals surface area contributed by atoms with E-state index in [1.807, 2.05) is 0 Å². The monoisotopic (exact) mass is 212 g/mol. The van der Waals surface area contributed by atoms with E-state index < -0.39 is 12.0 Å². The van der Waals surface area contributed by atoms with Gasteiger partial charge >= 0.3 is 0 Å². The minimum Gasteiger partial charge on any atom is -0.493 e. The lowest BCUT2D eigenvalue weighted by molar-refractivity contribution is 0.110. The van der Waals surface area contributed by atoms with Crippen molar-refractivity contribution in [2.45, 2.75) is 6.43 Å². The molecule has 15 heavy (non-hydrogen) atoms. The maximum atomic E-state index is 12.6. The van der Waals surface area contributed by atoms with E-state index in [0.717, 1.165) is 13.3 Å². The highest BCUT2D eigenvalue weighted by molar-refractivity contribution is 5.79. The first-order chi connectivity index (χ1) is 7.15. The minimum atomic E-state index is -2.89. The fraction of sp³-hybridized carbons (Fsp3) is 0.222. The average Bonchev–Trinajstić information content (AvgIpc) is 2.26. The van der Waals surface area contributed by atoms with Gasteiger partial charge in [-0.15, -0.1) is 0 Å². The third-order valence-corrected chi connectivity index (χ3v) is 1.76. The molecule has 0 aromatic carbocycles. The third kappa shape index (κ3) is 1.91. The number of aldehydes is 1. The van der Waals surface area contributed by atoms with Gasteiger partial charge in [-0.3, -0.25) is 4.79 Å². The fourth-order valence-electron chi connectivity index (χ4n) is 1.13. The van der Waals surface area contributed by atoms with Gasteiger partial charge in [-0.25, -0.2) is 13.8 Å². The van der Waals surface area contributed by atoms with Crippen LogP contribution >= 0.6 is 0 Å². The van der Waals surface area contributed by atoms with Crippen molar-refractivity contribution in [2.24, 2.45) is 0 Å². The summed E-state index contributed by atoms with van der Waals surface area (Å²) in [6, 6.07) is 1.61. The molecule has 78 valence electrons. The molecule has 0 aliphatic heterocycles. The van der Waals surface area contributed by atoms with E-state index in [1.54, 1.807) is 6.07 Å². The highest BCUT2D eigenvalue weighted by atomic mass is 19.3. The maximum Gasteiger partial charge on any atom is 0.268 e. The number of halogens is 2. The second kappa shape index (κ2) is 4.46. The molecule has 0 radical (unpaired) electrons. The van der Waals surface area contributed by atoms with Crippen molar-refractivity contribution < 1.29 is 18.3 Å². The first-order valence-electron chi connectivity index (χ1n) is 3.86. The summed E-state index contributed by atoms with van der Waals surface area (Å²) in [7, 11) is 1.14. The average molecular weight is 212 g/mol. The summed E-state index contributed by atoms with van der Waals surface area (Å²) in [5.74, 6) is -0.350. The molecular formula is C9H6F2N2O2. The highest BCUT2D eigenvalue weighted by Gasteiger charge is 2.22. The van der Waals surface area contributed by atoms with Gasteiger partial charge in [-0.1, -0.05) is 0 Å². The fourth-order valence-corrected chi connectivity index (χ4v) is 1.13. The molecule has 0 saturated carbocycles. The van der Waals surface area contributed by atoms with Crippen LogP contribution in [0.5, 0.6) is 5.75 Å². The minimum absolute atomic E-state index is 0.248. The molecule has 0 aliphatic rings. The number of nitrogens with zero attached hydrogens (tertiary/aromatic N) is 2. The second-order valence-corrected chi connectivity index (χ2v) is 2.54. The zero-order valence-corrected chi connectivity index (χ0v) is 7.70. The Bertz CT molecular complexity index is 427. The summed E-state index contributed by atoms with van der Waals surface area (Å²) in [4.78, 5) is 14.0. The predicted octanol–water partition coefficient (Wildman–Crippen LogP) is 1.71. The number of pyridine rings is 1. The summed E-state index contributed by atoms with van der Waals surface area (Å²) in [5.41, 5.74) is -1.14. The Morgan fingerprint density at radius 3 is 2.73 bits per heavy atom. The van der Waals surface area contributed by atoms with E-state index in [0.29, 0.717) is 0 Å². The van der Waals surface area contributed by atoms with Gasteiger partial charge in [0.2, 0.25) is 0 Å². The summed E-state index contributed by atoms with van der Waals surface area (Å²) in [6.07, 6.45) is -1.72. The topological polar surface area (TPSA) is 63.0 Å². The zero-order valence-electron chi connectivity index (χ0n) is 7.70. The van der Waals surface area contributed by atoms with Crippen molar-refractivity contribution in [3.8, 4) is 11.8 Å². The lowest BCUT2D eigenvalue weighted by atomic mass is 10.1. The Morgan fingerprint density at radius 1 is 1.67 bits per heavy atom. The van der Waals surface area contributed by atoms with Gasteiger partial charge < -0.3 is 4.74 Å². The van der Waals surface area contributed by atoms with Gasteiger partial charge in [0.25, 0.3) is 6.43 Å². The number of hydrogen-bond acceptors (Lipinski definition) is 4. The van der Waals surface area contributed by atoms with Crippen LogP contribution in [-0.4, -0.2) is 18.4 Å². The lowest BCUT2D eigenvalue weighted by Gasteiger charge is -2.10. The number of aromatic nitrogens is 1. The van der Waals surface area contributed by atoms with Gasteiger partial charge in [0, 0.05) is 11.8 Å². The molecule has 1 aromatic heterocycles. The van der Waals surface area contributed by atoms with Gasteiger partial charge in [-0.05, 0) is 0 Å². The van der Waals surface area contributed by atoms with Crippen LogP contribution in [0.25, 0.3) is 0 Å². The number of rotatable bonds is 3. The number of hydrogen-bond donors (Lipinski definition) is 0. The van der Waals surface area contributed by atoms with E-state index in [2.05, 4.69) is 9.72 Å². The molecule has 0 bridgehead atoms. The van der Waals surface area contributed by atoms with Crippen molar-refractivity contribution in [3.05, 3.63) is 23.0 Å². The molecule has 0 fully saturated rings.